The van der Waals surface area contributed by atoms with E-state index in [9.17, 15) is 33.9 Å². The molecule has 2 unspecified atom stereocenters. The van der Waals surface area contributed by atoms with E-state index >= 15 is 0 Å². The number of carbonyl (C=O) groups excluding carboxylic acids is 6. The number of amides is 5. The van der Waals surface area contributed by atoms with Crippen LogP contribution >= 0.6 is 0 Å². The van der Waals surface area contributed by atoms with Gasteiger partial charge in [-0.25, -0.2) is 0 Å². The Morgan fingerprint density at radius 2 is 1.39 bits per heavy atom. The average molecular weight is 725 g/mol. The lowest BCUT2D eigenvalue weighted by Crippen LogP contribution is -2.61. The minimum absolute atomic E-state index is 0.00453. The molecular formula is C37H68N6O8. The van der Waals surface area contributed by atoms with Crippen molar-refractivity contribution >= 4 is 35.5 Å². The van der Waals surface area contributed by atoms with E-state index in [1.165, 1.54) is 31.1 Å². The third-order valence-corrected chi connectivity index (χ3v) is 9.74. The number of unbranched alkanes of at least 4 members (excludes halogenated alkanes) is 7. The highest BCUT2D eigenvalue weighted by Crippen LogP contribution is 2.22. The van der Waals surface area contributed by atoms with Gasteiger partial charge in [0.15, 0.2) is 0 Å². The van der Waals surface area contributed by atoms with Crippen LogP contribution in [0.2, 0.25) is 0 Å². The summed E-state index contributed by atoms with van der Waals surface area (Å²) in [7, 11) is 1.54. The second kappa shape index (κ2) is 24.1. The van der Waals surface area contributed by atoms with Crippen LogP contribution in [0.15, 0.2) is 0 Å². The van der Waals surface area contributed by atoms with Crippen molar-refractivity contribution in [2.75, 3.05) is 20.1 Å². The lowest BCUT2D eigenvalue weighted by molar-refractivity contribution is -0.157. The number of ether oxygens (including phenoxy) is 1. The van der Waals surface area contributed by atoms with E-state index in [-0.39, 0.29) is 24.8 Å². The van der Waals surface area contributed by atoms with E-state index < -0.39 is 84.3 Å². The normalized spacial score (nSPS) is 26.2. The first kappa shape index (κ1) is 45.8. The van der Waals surface area contributed by atoms with Gasteiger partial charge in [-0.15, -0.1) is 0 Å². The van der Waals surface area contributed by atoms with E-state index in [0.29, 0.717) is 25.7 Å². The summed E-state index contributed by atoms with van der Waals surface area (Å²) < 4.78 is 5.82. The van der Waals surface area contributed by atoms with E-state index in [0.717, 1.165) is 25.7 Å². The van der Waals surface area contributed by atoms with E-state index in [1.54, 1.807) is 20.9 Å². The van der Waals surface area contributed by atoms with Crippen molar-refractivity contribution in [1.29, 1.82) is 0 Å². The molecule has 51 heavy (non-hydrogen) atoms. The van der Waals surface area contributed by atoms with Crippen LogP contribution in [0, 0.1) is 17.8 Å². The minimum Gasteiger partial charge on any atom is -0.460 e. The highest BCUT2D eigenvalue weighted by Gasteiger charge is 2.38. The van der Waals surface area contributed by atoms with Gasteiger partial charge in [0.25, 0.3) is 0 Å². The van der Waals surface area contributed by atoms with Gasteiger partial charge in [0.05, 0.1) is 12.0 Å². The van der Waals surface area contributed by atoms with Gasteiger partial charge in [-0.3, -0.25) is 28.8 Å². The molecule has 0 aromatic heterocycles. The van der Waals surface area contributed by atoms with Gasteiger partial charge >= 0.3 is 5.97 Å². The molecule has 5 amide bonds. The van der Waals surface area contributed by atoms with Crippen LogP contribution < -0.4 is 27.0 Å². The van der Waals surface area contributed by atoms with Crippen LogP contribution in [-0.4, -0.2) is 102 Å². The fraction of sp³-hybridized carbons (Fsp3) is 0.838. The van der Waals surface area contributed by atoms with E-state index in [1.807, 2.05) is 20.8 Å². The first-order valence-electron chi connectivity index (χ1n) is 19.1. The first-order valence-corrected chi connectivity index (χ1v) is 19.1. The Morgan fingerprint density at radius 1 is 0.804 bits per heavy atom. The molecule has 14 nitrogen and oxygen atoms in total. The van der Waals surface area contributed by atoms with Gasteiger partial charge < -0.3 is 41.7 Å². The highest BCUT2D eigenvalue weighted by molar-refractivity contribution is 5.96. The van der Waals surface area contributed by atoms with Gasteiger partial charge in [0.2, 0.25) is 29.5 Å². The maximum atomic E-state index is 14.1. The molecule has 0 spiro atoms. The molecule has 1 fully saturated rings. The lowest BCUT2D eigenvalue weighted by atomic mass is 9.94. The van der Waals surface area contributed by atoms with Crippen LogP contribution in [0.1, 0.15) is 126 Å². The molecule has 0 radical (unpaired) electrons. The van der Waals surface area contributed by atoms with Gasteiger partial charge in [-0.2, -0.15) is 0 Å². The summed E-state index contributed by atoms with van der Waals surface area (Å²) in [5, 5.41) is 20.8. The summed E-state index contributed by atoms with van der Waals surface area (Å²) in [6, 6.07) is -4.65. The Balaban J connectivity index is 3.54. The van der Waals surface area contributed by atoms with E-state index in [2.05, 4.69) is 28.2 Å². The molecule has 1 heterocycles. The smallest absolute Gasteiger partial charge is 0.325 e. The van der Waals surface area contributed by atoms with Crippen LogP contribution in [0.25, 0.3) is 0 Å². The molecule has 0 bridgehead atoms. The number of aliphatic hydroxyl groups is 1. The third-order valence-electron chi connectivity index (χ3n) is 9.74. The van der Waals surface area contributed by atoms with Crippen molar-refractivity contribution in [3.63, 3.8) is 0 Å². The van der Waals surface area contributed by atoms with Gasteiger partial charge in [-0.05, 0) is 51.0 Å². The molecular weight excluding hydrogens is 656 g/mol. The molecule has 0 aromatic rings. The Hall–Kier alpha value is -3.26. The number of carbonyl (C=O) groups is 6. The van der Waals surface area contributed by atoms with Gasteiger partial charge in [0.1, 0.15) is 36.8 Å². The third kappa shape index (κ3) is 15.9. The highest BCUT2D eigenvalue weighted by atomic mass is 16.5. The minimum atomic E-state index is -1.46. The van der Waals surface area contributed by atoms with Crippen molar-refractivity contribution in [2.24, 2.45) is 23.5 Å². The van der Waals surface area contributed by atoms with Gasteiger partial charge in [-0.1, -0.05) is 92.9 Å². The molecule has 1 aliphatic heterocycles. The molecule has 1 rings (SSSR count). The lowest BCUT2D eigenvalue weighted by Gasteiger charge is -2.34. The number of esters is 1. The molecule has 8 atom stereocenters. The van der Waals surface area contributed by atoms with Crippen LogP contribution in [-0.2, 0) is 33.5 Å². The summed E-state index contributed by atoms with van der Waals surface area (Å²) in [6.07, 6.45) is 7.50. The number of nitrogens with zero attached hydrogens (tertiary/aromatic N) is 1. The topological polar surface area (TPSA) is 209 Å². The number of rotatable bonds is 16. The zero-order valence-corrected chi connectivity index (χ0v) is 32.4. The quantitative estimate of drug-likeness (QED) is 0.102. The number of likely N-dealkylation sites (N-methyl/N-ethyl adjacent to an activating group) is 1. The van der Waals surface area contributed by atoms with E-state index in [4.69, 9.17) is 10.5 Å². The van der Waals surface area contributed by atoms with Crippen LogP contribution in [0.3, 0.4) is 0 Å². The van der Waals surface area contributed by atoms with Crippen molar-refractivity contribution in [2.45, 2.75) is 162 Å². The second-order valence-corrected chi connectivity index (χ2v) is 14.6. The number of nitrogens with two attached hydrogens (primary N) is 1. The Labute approximate surface area is 305 Å². The monoisotopic (exact) mass is 725 g/mol. The molecule has 7 N–H and O–H groups in total. The molecule has 0 aromatic carbocycles. The summed E-state index contributed by atoms with van der Waals surface area (Å²) in [5.41, 5.74) is 5.76. The maximum absolute atomic E-state index is 14.1. The zero-order chi connectivity index (χ0) is 38.7. The van der Waals surface area contributed by atoms with Crippen molar-refractivity contribution in [3.8, 4) is 0 Å². The molecule has 1 aliphatic rings. The average Bonchev–Trinajstić information content (AvgIpc) is 3.08. The summed E-state index contributed by atoms with van der Waals surface area (Å²) >= 11 is 0. The van der Waals surface area contributed by atoms with Crippen LogP contribution in [0.4, 0.5) is 0 Å². The van der Waals surface area contributed by atoms with Crippen molar-refractivity contribution < 1.29 is 38.6 Å². The second-order valence-electron chi connectivity index (χ2n) is 14.6. The fourth-order valence-electron chi connectivity index (χ4n) is 6.20. The standard InChI is InChI=1S/C37H68N6O8/c1-9-11-12-13-14-15-16-17-18-29-25(6)37(50)43(8)28(21-23(3)4)34(47)41-31(24(5)10-2)36(49)40-27(19-20-38)33(46)42-32(26(7)44)35(48)39-22-30(45)51-29/h23-29,31-32,44H,9-22,38H2,1-8H3,(H,39,48)(H,40,49)(H,41,47)(H,42,46)/t24?,25-,26?,27+,28+,29-,31+,32+/m1/s1. The summed E-state index contributed by atoms with van der Waals surface area (Å²) in [6.45, 7) is 12.1. The molecule has 1 saturated heterocycles. The molecule has 0 saturated carbocycles. The Kier molecular flexibility index (Phi) is 21.6. The largest absolute Gasteiger partial charge is 0.460 e. The number of cyclic esters (lactones) is 1. The fourth-order valence-corrected chi connectivity index (χ4v) is 6.20. The number of hydrogen-bond acceptors (Lipinski definition) is 9. The van der Waals surface area contributed by atoms with Crippen molar-refractivity contribution in [1.82, 2.24) is 26.2 Å². The SMILES string of the molecule is CCCCCCCCCC[C@H]1OC(=O)CNC(=O)[C@H](C(C)O)NC(=O)[C@H](CCN)NC(=O)[C@H](C(C)CC)NC(=O)[C@H](CC(C)C)N(C)C(=O)[C@@H]1C. The predicted octanol–water partition coefficient (Wildman–Crippen LogP) is 2.30. The predicted molar refractivity (Wildman–Crippen MR) is 196 cm³/mol. The maximum Gasteiger partial charge on any atom is 0.325 e. The number of hydrogen-bond donors (Lipinski definition) is 6. The summed E-state index contributed by atoms with van der Waals surface area (Å²) in [4.78, 5) is 82.7. The first-order chi connectivity index (χ1) is 24.1. The molecule has 0 aliphatic carbocycles. The zero-order valence-electron chi connectivity index (χ0n) is 32.4. The molecule has 14 heteroatoms. The molecule has 294 valence electrons. The number of aliphatic hydroxyl groups excluding tert-OH is 1. The summed E-state index contributed by atoms with van der Waals surface area (Å²) in [5.74, 6) is -5.10. The Morgan fingerprint density at radius 3 is 1.94 bits per heavy atom. The Bertz CT molecular complexity index is 1120. The van der Waals surface area contributed by atoms with Gasteiger partial charge in [0, 0.05) is 7.05 Å². The van der Waals surface area contributed by atoms with Crippen molar-refractivity contribution in [3.05, 3.63) is 0 Å². The number of nitrogens with one attached hydrogen (secondary N) is 4. The van der Waals surface area contributed by atoms with Crippen LogP contribution in [0.5, 0.6) is 0 Å².